The number of hydrogen-bond acceptors (Lipinski definition) is 5. The van der Waals surface area contributed by atoms with E-state index in [2.05, 4.69) is 9.88 Å². The van der Waals surface area contributed by atoms with Gasteiger partial charge in [0.2, 0.25) is 0 Å². The van der Waals surface area contributed by atoms with Gasteiger partial charge < -0.3 is 4.74 Å². The van der Waals surface area contributed by atoms with Gasteiger partial charge in [-0.2, -0.15) is 13.2 Å². The van der Waals surface area contributed by atoms with Crippen LogP contribution in [-0.2, 0) is 9.84 Å². The Morgan fingerprint density at radius 2 is 1.77 bits per heavy atom. The van der Waals surface area contributed by atoms with E-state index in [4.69, 9.17) is 4.74 Å². The van der Waals surface area contributed by atoms with Gasteiger partial charge in [-0.1, -0.05) is 0 Å². The lowest BCUT2D eigenvalue weighted by molar-refractivity contribution is -0.182. The van der Waals surface area contributed by atoms with Crippen molar-refractivity contribution in [1.29, 1.82) is 0 Å². The Kier molecular flexibility index (Phi) is 6.24. The number of hydrogen-bond donors (Lipinski definition) is 0. The zero-order valence-corrected chi connectivity index (χ0v) is 18.2. The maximum Gasteiger partial charge on any atom is 0.391 e. The summed E-state index contributed by atoms with van der Waals surface area (Å²) in [6.45, 7) is 2.67. The molecule has 1 spiro atoms. The monoisotopic (exact) mass is 464 g/mol. The van der Waals surface area contributed by atoms with Crippen LogP contribution in [0.4, 0.5) is 17.6 Å². The summed E-state index contributed by atoms with van der Waals surface area (Å²) in [5, 5.41) is 0. The lowest BCUT2D eigenvalue weighted by atomic mass is 9.80. The van der Waals surface area contributed by atoms with Gasteiger partial charge in [-0.25, -0.2) is 12.8 Å². The third-order valence-corrected chi connectivity index (χ3v) is 9.17. The predicted octanol–water partition coefficient (Wildman–Crippen LogP) is 3.95. The highest BCUT2D eigenvalue weighted by Crippen LogP contribution is 2.43. The van der Waals surface area contributed by atoms with Crippen LogP contribution in [0.15, 0.2) is 12.3 Å². The number of nitrogens with zero attached hydrogens (tertiary/aromatic N) is 2. The van der Waals surface area contributed by atoms with Gasteiger partial charge in [-0.15, -0.1) is 0 Å². The molecule has 3 aliphatic rings. The van der Waals surface area contributed by atoms with Crippen LogP contribution in [0.25, 0.3) is 0 Å². The van der Waals surface area contributed by atoms with E-state index in [0.717, 1.165) is 25.9 Å². The number of sulfone groups is 1. The summed E-state index contributed by atoms with van der Waals surface area (Å²) in [4.78, 5) is 6.37. The second-order valence-electron chi connectivity index (χ2n) is 9.35. The summed E-state index contributed by atoms with van der Waals surface area (Å²) < 4.78 is 81.5. The largest absolute Gasteiger partial charge is 0.491 e. The van der Waals surface area contributed by atoms with Crippen LogP contribution in [0, 0.1) is 17.2 Å². The third kappa shape index (κ3) is 5.32. The topological polar surface area (TPSA) is 59.5 Å². The predicted molar refractivity (Wildman–Crippen MR) is 107 cm³/mol. The van der Waals surface area contributed by atoms with E-state index < -0.39 is 27.7 Å². The van der Waals surface area contributed by atoms with Gasteiger partial charge in [-0.05, 0) is 51.6 Å². The van der Waals surface area contributed by atoms with Crippen LogP contribution in [0.2, 0.25) is 0 Å². The molecule has 4 rings (SSSR count). The average molecular weight is 465 g/mol. The average Bonchev–Trinajstić information content (AvgIpc) is 2.68. The van der Waals surface area contributed by atoms with E-state index in [1.54, 1.807) is 0 Å². The smallest absolute Gasteiger partial charge is 0.391 e. The molecular weight excluding hydrogens is 436 g/mol. The molecule has 174 valence electrons. The first-order chi connectivity index (χ1) is 14.6. The minimum atomic E-state index is -4.18. The maximum absolute atomic E-state index is 14.5. The minimum Gasteiger partial charge on any atom is -0.491 e. The highest BCUT2D eigenvalue weighted by Gasteiger charge is 2.49. The van der Waals surface area contributed by atoms with Gasteiger partial charge in [0.25, 0.3) is 0 Å². The molecule has 0 N–H and O–H groups in total. The number of rotatable bonds is 5. The van der Waals surface area contributed by atoms with Gasteiger partial charge in [0.15, 0.2) is 9.84 Å². The molecule has 0 radical (unpaired) electrons. The van der Waals surface area contributed by atoms with E-state index in [1.165, 1.54) is 12.3 Å². The fourth-order valence-corrected chi connectivity index (χ4v) is 7.59. The molecule has 0 bridgehead atoms. The SMILES string of the molecule is O=S1(=O)CC2(CCN(CCOc3cnc([C@H]4CC[C@H](C(F)(F)F)CC4)c(F)c3)CC2)C1. The molecule has 0 aromatic carbocycles. The first kappa shape index (κ1) is 22.8. The molecule has 1 saturated carbocycles. The zero-order valence-electron chi connectivity index (χ0n) is 17.3. The first-order valence-corrected chi connectivity index (χ1v) is 12.7. The molecule has 31 heavy (non-hydrogen) atoms. The van der Waals surface area contributed by atoms with Crippen molar-refractivity contribution in [1.82, 2.24) is 9.88 Å². The van der Waals surface area contributed by atoms with Crippen molar-refractivity contribution in [3.8, 4) is 5.75 Å². The second-order valence-corrected chi connectivity index (χ2v) is 11.4. The molecule has 10 heteroatoms. The van der Waals surface area contributed by atoms with Crippen molar-refractivity contribution in [2.45, 2.75) is 50.6 Å². The maximum atomic E-state index is 14.5. The standard InChI is InChI=1S/C21H28F4N2O3S/c22-18-11-17(12-26-19(18)15-1-3-16(4-2-15)21(23,24)25)30-10-9-27-7-5-20(6-8-27)13-31(28,29)14-20/h11-12,15-16H,1-10,13-14H2/t15-,16-. The summed E-state index contributed by atoms with van der Waals surface area (Å²) in [6.07, 6.45) is -0.412. The van der Waals surface area contributed by atoms with E-state index in [9.17, 15) is 26.0 Å². The van der Waals surface area contributed by atoms with Gasteiger partial charge in [0.05, 0.1) is 29.3 Å². The fourth-order valence-electron chi connectivity index (χ4n) is 5.23. The van der Waals surface area contributed by atoms with Crippen molar-refractivity contribution in [3.63, 3.8) is 0 Å². The van der Waals surface area contributed by atoms with Gasteiger partial charge in [-0.3, -0.25) is 9.88 Å². The highest BCUT2D eigenvalue weighted by atomic mass is 32.2. The van der Waals surface area contributed by atoms with Crippen LogP contribution in [0.5, 0.6) is 5.75 Å². The molecule has 1 aromatic heterocycles. The van der Waals surface area contributed by atoms with Crippen LogP contribution < -0.4 is 4.74 Å². The van der Waals surface area contributed by atoms with Crippen molar-refractivity contribution in [2.24, 2.45) is 11.3 Å². The third-order valence-electron chi connectivity index (χ3n) is 7.07. The fraction of sp³-hybridized carbons (Fsp3) is 0.762. The minimum absolute atomic E-state index is 0.0105. The Morgan fingerprint density at radius 1 is 1.13 bits per heavy atom. The van der Waals surface area contributed by atoms with Crippen LogP contribution >= 0.6 is 0 Å². The van der Waals surface area contributed by atoms with Crippen molar-refractivity contribution in [2.75, 3.05) is 37.7 Å². The number of likely N-dealkylation sites (tertiary alicyclic amines) is 1. The number of aromatic nitrogens is 1. The second kappa shape index (κ2) is 8.50. The van der Waals surface area contributed by atoms with Crippen molar-refractivity contribution >= 4 is 9.84 Å². The molecule has 3 fully saturated rings. The Labute approximate surface area is 180 Å². The molecule has 1 aromatic rings. The molecule has 2 aliphatic heterocycles. The summed E-state index contributed by atoms with van der Waals surface area (Å²) in [5.74, 6) is -1.20. The number of ether oxygens (including phenoxy) is 1. The molecule has 1 aliphatic carbocycles. The van der Waals surface area contributed by atoms with Gasteiger partial charge in [0, 0.05) is 23.9 Å². The summed E-state index contributed by atoms with van der Waals surface area (Å²) in [7, 11) is -2.82. The van der Waals surface area contributed by atoms with E-state index in [1.807, 2.05) is 0 Å². The first-order valence-electron chi connectivity index (χ1n) is 10.8. The Hall–Kier alpha value is -1.42. The van der Waals surface area contributed by atoms with Crippen LogP contribution in [0.3, 0.4) is 0 Å². The Morgan fingerprint density at radius 3 is 2.32 bits per heavy atom. The van der Waals surface area contributed by atoms with Crippen molar-refractivity contribution < 1.29 is 30.7 Å². The van der Waals surface area contributed by atoms with Gasteiger partial charge in [0.1, 0.15) is 18.2 Å². The molecule has 0 unspecified atom stereocenters. The number of piperidine rings is 1. The molecular formula is C21H28F4N2O3S. The normalized spacial score (nSPS) is 28.3. The number of alkyl halides is 3. The molecule has 0 amide bonds. The summed E-state index contributed by atoms with van der Waals surface area (Å²) in [6, 6.07) is 1.27. The van der Waals surface area contributed by atoms with Gasteiger partial charge >= 0.3 is 6.18 Å². The van der Waals surface area contributed by atoms with E-state index >= 15 is 0 Å². The quantitative estimate of drug-likeness (QED) is 0.618. The van der Waals surface area contributed by atoms with Crippen LogP contribution in [-0.4, -0.2) is 62.2 Å². The number of halogens is 4. The zero-order chi connectivity index (χ0) is 22.3. The molecule has 5 nitrogen and oxygen atoms in total. The molecule has 0 atom stereocenters. The Balaban J connectivity index is 1.22. The Bertz CT molecular complexity index is 876. The lowest BCUT2D eigenvalue weighted by Crippen LogP contribution is -2.54. The number of pyridine rings is 1. The summed E-state index contributed by atoms with van der Waals surface area (Å²) in [5.41, 5.74) is 0.197. The van der Waals surface area contributed by atoms with E-state index in [0.29, 0.717) is 30.4 Å². The summed E-state index contributed by atoms with van der Waals surface area (Å²) >= 11 is 0. The highest BCUT2D eigenvalue weighted by molar-refractivity contribution is 7.92. The van der Waals surface area contributed by atoms with Crippen molar-refractivity contribution in [3.05, 3.63) is 23.8 Å². The molecule has 3 heterocycles. The van der Waals surface area contributed by atoms with Crippen LogP contribution in [0.1, 0.15) is 50.1 Å². The van der Waals surface area contributed by atoms with E-state index in [-0.39, 0.29) is 42.7 Å². The molecule has 2 saturated heterocycles. The lowest BCUT2D eigenvalue weighted by Gasteiger charge is -2.47.